The van der Waals surface area contributed by atoms with Gasteiger partial charge in [0.05, 0.1) is 12.6 Å². The molecule has 2 fully saturated rings. The number of urea groups is 1. The van der Waals surface area contributed by atoms with E-state index in [-0.39, 0.29) is 37.7 Å². The highest BCUT2D eigenvalue weighted by Crippen LogP contribution is 2.34. The first-order valence-corrected chi connectivity index (χ1v) is 10.5. The number of carbonyl (C=O) groups excluding carboxylic acids is 3. The van der Waals surface area contributed by atoms with Gasteiger partial charge in [-0.3, -0.25) is 19.5 Å². The van der Waals surface area contributed by atoms with Gasteiger partial charge in [0, 0.05) is 24.1 Å². The number of hydrogen-bond donors (Lipinski definition) is 2. The first kappa shape index (κ1) is 20.3. The van der Waals surface area contributed by atoms with Gasteiger partial charge in [0.25, 0.3) is 0 Å². The van der Waals surface area contributed by atoms with E-state index in [9.17, 15) is 14.4 Å². The highest BCUT2D eigenvalue weighted by molar-refractivity contribution is 6.03. The zero-order valence-electron chi connectivity index (χ0n) is 17.3. The van der Waals surface area contributed by atoms with Crippen LogP contribution >= 0.6 is 0 Å². The maximum Gasteiger partial charge on any atom is 0.327 e. The molecule has 10 nitrogen and oxygen atoms in total. The van der Waals surface area contributed by atoms with Crippen molar-refractivity contribution in [3.63, 3.8) is 0 Å². The molecule has 1 aromatic carbocycles. The van der Waals surface area contributed by atoms with Crippen molar-refractivity contribution in [3.8, 4) is 11.5 Å². The predicted octanol–water partition coefficient (Wildman–Crippen LogP) is 1.33. The number of rotatable bonds is 5. The average molecular weight is 437 g/mol. The zero-order valence-corrected chi connectivity index (χ0v) is 17.3. The number of nitrogens with zero attached hydrogens (tertiary/aromatic N) is 3. The molecule has 10 heteroatoms. The minimum Gasteiger partial charge on any atom is -0.454 e. The lowest BCUT2D eigenvalue weighted by Crippen LogP contribution is -2.70. The van der Waals surface area contributed by atoms with Gasteiger partial charge >= 0.3 is 6.03 Å². The SMILES string of the molecule is O=C(CN1C(=O)N(Cc2cccnc2)C(=O)C2NCCCC21)Nc1ccc2c(c1)OCO2. The number of aromatic nitrogens is 1. The van der Waals surface area contributed by atoms with Gasteiger partial charge in [0.15, 0.2) is 11.5 Å². The molecule has 2 atom stereocenters. The second-order valence-electron chi connectivity index (χ2n) is 7.95. The quantitative estimate of drug-likeness (QED) is 0.726. The van der Waals surface area contributed by atoms with Crippen LogP contribution < -0.4 is 20.1 Å². The number of amides is 4. The van der Waals surface area contributed by atoms with E-state index in [1.807, 2.05) is 6.07 Å². The van der Waals surface area contributed by atoms with Crippen LogP contribution in [-0.4, -0.2) is 64.6 Å². The predicted molar refractivity (Wildman–Crippen MR) is 113 cm³/mol. The number of carbonyl (C=O) groups is 3. The van der Waals surface area contributed by atoms with Crippen molar-refractivity contribution in [2.45, 2.75) is 31.5 Å². The van der Waals surface area contributed by atoms with Crippen LogP contribution in [0.4, 0.5) is 10.5 Å². The summed E-state index contributed by atoms with van der Waals surface area (Å²) in [5, 5.41) is 6.03. The summed E-state index contributed by atoms with van der Waals surface area (Å²) in [6.45, 7) is 0.786. The lowest BCUT2D eigenvalue weighted by molar-refractivity contribution is -0.138. The summed E-state index contributed by atoms with van der Waals surface area (Å²) in [6.07, 6.45) is 4.74. The number of piperidine rings is 1. The normalized spacial score (nSPS) is 22.0. The van der Waals surface area contributed by atoms with Crippen molar-refractivity contribution in [1.29, 1.82) is 0 Å². The molecule has 4 heterocycles. The molecule has 1 aromatic heterocycles. The molecule has 32 heavy (non-hydrogen) atoms. The van der Waals surface area contributed by atoms with Gasteiger partial charge in [0.1, 0.15) is 12.6 Å². The molecule has 2 saturated heterocycles. The first-order valence-electron chi connectivity index (χ1n) is 10.5. The topological polar surface area (TPSA) is 113 Å². The number of nitrogens with one attached hydrogen (secondary N) is 2. The third kappa shape index (κ3) is 3.84. The van der Waals surface area contributed by atoms with E-state index in [1.54, 1.807) is 36.7 Å². The highest BCUT2D eigenvalue weighted by Gasteiger charge is 2.47. The molecule has 2 unspecified atom stereocenters. The molecule has 2 aromatic rings. The van der Waals surface area contributed by atoms with Crippen LogP contribution in [0.2, 0.25) is 0 Å². The molecule has 0 aliphatic carbocycles. The second kappa shape index (κ2) is 8.46. The fraction of sp³-hybridized carbons (Fsp3) is 0.364. The van der Waals surface area contributed by atoms with Gasteiger partial charge < -0.3 is 25.0 Å². The maximum atomic E-state index is 13.3. The third-order valence-electron chi connectivity index (χ3n) is 5.87. The highest BCUT2D eigenvalue weighted by atomic mass is 16.7. The molecule has 3 aliphatic rings. The monoisotopic (exact) mass is 437 g/mol. The summed E-state index contributed by atoms with van der Waals surface area (Å²) in [5.41, 5.74) is 1.29. The standard InChI is InChI=1S/C22H23N5O5/c28-19(25-15-5-6-17-18(9-15)32-13-31-17)12-26-16-4-2-8-24-20(16)21(29)27(22(26)30)11-14-3-1-7-23-10-14/h1,3,5-7,9-10,16,20,24H,2,4,8,11-13H2,(H,25,28). The molecule has 0 spiro atoms. The van der Waals surface area contributed by atoms with Crippen molar-refractivity contribution in [2.75, 3.05) is 25.2 Å². The molecule has 166 valence electrons. The van der Waals surface area contributed by atoms with Gasteiger partial charge in [-0.15, -0.1) is 0 Å². The number of hydrogen-bond acceptors (Lipinski definition) is 7. The van der Waals surface area contributed by atoms with Crippen LogP contribution in [0.3, 0.4) is 0 Å². The Morgan fingerprint density at radius 3 is 2.94 bits per heavy atom. The molecule has 0 radical (unpaired) electrons. The van der Waals surface area contributed by atoms with Crippen molar-refractivity contribution >= 4 is 23.5 Å². The number of fused-ring (bicyclic) bond motifs is 2. The Balaban J connectivity index is 1.34. The lowest BCUT2D eigenvalue weighted by atomic mass is 9.93. The summed E-state index contributed by atoms with van der Waals surface area (Å²) >= 11 is 0. The third-order valence-corrected chi connectivity index (χ3v) is 5.87. The van der Waals surface area contributed by atoms with E-state index >= 15 is 0 Å². The second-order valence-corrected chi connectivity index (χ2v) is 7.95. The molecule has 0 saturated carbocycles. The van der Waals surface area contributed by atoms with E-state index in [0.29, 0.717) is 30.2 Å². The van der Waals surface area contributed by atoms with Crippen molar-refractivity contribution < 1.29 is 23.9 Å². The molecule has 4 amide bonds. The van der Waals surface area contributed by atoms with E-state index in [4.69, 9.17) is 9.47 Å². The molecule has 5 rings (SSSR count). The largest absolute Gasteiger partial charge is 0.454 e. The van der Waals surface area contributed by atoms with E-state index in [2.05, 4.69) is 15.6 Å². The smallest absolute Gasteiger partial charge is 0.327 e. The van der Waals surface area contributed by atoms with Crippen molar-refractivity contribution in [1.82, 2.24) is 20.1 Å². The molecular weight excluding hydrogens is 414 g/mol. The van der Waals surface area contributed by atoms with Crippen LogP contribution in [0.5, 0.6) is 11.5 Å². The van der Waals surface area contributed by atoms with Gasteiger partial charge in [-0.1, -0.05) is 6.07 Å². The van der Waals surface area contributed by atoms with E-state index < -0.39 is 12.1 Å². The number of anilines is 1. The van der Waals surface area contributed by atoms with Gasteiger partial charge in [-0.25, -0.2) is 4.79 Å². The van der Waals surface area contributed by atoms with E-state index in [0.717, 1.165) is 12.0 Å². The number of pyridine rings is 1. The Bertz CT molecular complexity index is 1050. The lowest BCUT2D eigenvalue weighted by Gasteiger charge is -2.46. The Kier molecular flexibility index (Phi) is 5.36. The fourth-order valence-corrected chi connectivity index (χ4v) is 4.35. The Morgan fingerprint density at radius 1 is 1.22 bits per heavy atom. The van der Waals surface area contributed by atoms with E-state index in [1.165, 1.54) is 9.80 Å². The average Bonchev–Trinajstić information content (AvgIpc) is 3.28. The van der Waals surface area contributed by atoms with Gasteiger partial charge in [-0.2, -0.15) is 0 Å². The number of ether oxygens (including phenoxy) is 2. The van der Waals surface area contributed by atoms with Crippen molar-refractivity contribution in [2.24, 2.45) is 0 Å². The molecular formula is C22H23N5O5. The van der Waals surface area contributed by atoms with Crippen LogP contribution in [0.1, 0.15) is 18.4 Å². The number of benzene rings is 1. The van der Waals surface area contributed by atoms with Crippen LogP contribution in [0.15, 0.2) is 42.7 Å². The minimum absolute atomic E-state index is 0.108. The summed E-state index contributed by atoms with van der Waals surface area (Å²) in [4.78, 5) is 46.0. The van der Waals surface area contributed by atoms with Crippen LogP contribution in [-0.2, 0) is 16.1 Å². The van der Waals surface area contributed by atoms with Crippen molar-refractivity contribution in [3.05, 3.63) is 48.3 Å². The number of imide groups is 1. The fourth-order valence-electron chi connectivity index (χ4n) is 4.35. The molecule has 2 N–H and O–H groups in total. The Morgan fingerprint density at radius 2 is 2.09 bits per heavy atom. The maximum absolute atomic E-state index is 13.3. The molecule has 0 bridgehead atoms. The molecule has 3 aliphatic heterocycles. The summed E-state index contributed by atoms with van der Waals surface area (Å²) < 4.78 is 10.6. The Labute approximate surface area is 184 Å². The van der Waals surface area contributed by atoms with Gasteiger partial charge in [0.2, 0.25) is 18.6 Å². The van der Waals surface area contributed by atoms with Gasteiger partial charge in [-0.05, 0) is 43.1 Å². The summed E-state index contributed by atoms with van der Waals surface area (Å²) in [7, 11) is 0. The first-order chi connectivity index (χ1) is 15.6. The summed E-state index contributed by atoms with van der Waals surface area (Å²) in [5.74, 6) is 0.560. The minimum atomic E-state index is -0.531. The Hall–Kier alpha value is -3.66. The van der Waals surface area contributed by atoms with Crippen LogP contribution in [0, 0.1) is 0 Å². The van der Waals surface area contributed by atoms with Crippen LogP contribution in [0.25, 0.3) is 0 Å². The zero-order chi connectivity index (χ0) is 22.1. The summed E-state index contributed by atoms with van der Waals surface area (Å²) in [6, 6.07) is 7.32.